The normalized spacial score (nSPS) is 35.1. The maximum absolute atomic E-state index is 10.5. The number of benzene rings is 1. The quantitative estimate of drug-likeness (QED) is 0.804. The monoisotopic (exact) mass is 293 g/mol. The summed E-state index contributed by atoms with van der Waals surface area (Å²) in [6.45, 7) is 6.25. The lowest BCUT2D eigenvalue weighted by atomic mass is 9.79. The van der Waals surface area contributed by atoms with Gasteiger partial charge in [0.15, 0.2) is 0 Å². The molecule has 0 saturated carbocycles. The average Bonchev–Trinajstić information content (AvgIpc) is 2.50. The molecule has 1 aromatic rings. The predicted octanol–water partition coefficient (Wildman–Crippen LogP) is 3.57. The van der Waals surface area contributed by atoms with Gasteiger partial charge < -0.3 is 5.11 Å². The smallest absolute Gasteiger partial charge is 0.137 e. The topological polar surface area (TPSA) is 32.7 Å². The Kier molecular flexibility index (Phi) is 3.12. The Morgan fingerprint density at radius 1 is 1.25 bits per heavy atom. The molecule has 1 aliphatic carbocycles. The van der Waals surface area contributed by atoms with Crippen LogP contribution in [0.25, 0.3) is 0 Å². The highest BCUT2D eigenvalue weighted by Gasteiger charge is 2.50. The first-order valence-electron chi connectivity index (χ1n) is 6.93. The van der Waals surface area contributed by atoms with E-state index in [4.69, 9.17) is 16.4 Å². The minimum atomic E-state index is -0.677. The molecule has 3 aliphatic rings. The summed E-state index contributed by atoms with van der Waals surface area (Å²) in [4.78, 5) is 6.13. The fourth-order valence-electron chi connectivity index (χ4n) is 3.03. The van der Waals surface area contributed by atoms with Crippen LogP contribution in [0.3, 0.4) is 0 Å². The third-order valence-corrected chi connectivity index (χ3v) is 4.67. The maximum atomic E-state index is 10.5. The second-order valence-corrected chi connectivity index (χ2v) is 7.03. The zero-order chi connectivity index (χ0) is 14.5. The van der Waals surface area contributed by atoms with Crippen molar-refractivity contribution in [3.05, 3.63) is 41.4 Å². The molecular weight excluding hydrogens is 274 g/mol. The summed E-state index contributed by atoms with van der Waals surface area (Å²) in [5.74, 6) is 0. The third-order valence-electron chi connectivity index (χ3n) is 4.42. The van der Waals surface area contributed by atoms with Crippen molar-refractivity contribution in [1.82, 2.24) is 0 Å². The number of aliphatic hydroxyl groups is 1. The average molecular weight is 294 g/mol. The summed E-state index contributed by atoms with van der Waals surface area (Å²) < 4.78 is 0. The molecule has 1 saturated heterocycles. The van der Waals surface area contributed by atoms with Crippen molar-refractivity contribution in [2.24, 2.45) is 5.41 Å². The highest BCUT2D eigenvalue weighted by molar-refractivity contribution is 6.30. The van der Waals surface area contributed by atoms with E-state index in [-0.39, 0.29) is 11.5 Å². The number of anilines is 1. The van der Waals surface area contributed by atoms with E-state index in [9.17, 15) is 5.11 Å². The molecule has 20 heavy (non-hydrogen) atoms. The van der Waals surface area contributed by atoms with Crippen molar-refractivity contribution in [1.29, 1.82) is 0 Å². The van der Waals surface area contributed by atoms with Crippen molar-refractivity contribution in [2.45, 2.75) is 44.9 Å². The first-order valence-corrected chi connectivity index (χ1v) is 7.31. The first-order chi connectivity index (χ1) is 9.32. The molecule has 2 heterocycles. The lowest BCUT2D eigenvalue weighted by molar-refractivity contribution is -0.0887. The molecule has 1 aromatic carbocycles. The van der Waals surface area contributed by atoms with Gasteiger partial charge in [0.25, 0.3) is 0 Å². The van der Waals surface area contributed by atoms with E-state index in [1.165, 1.54) is 0 Å². The van der Waals surface area contributed by atoms with Crippen LogP contribution in [0.4, 0.5) is 5.69 Å². The number of rotatable bonds is 1. The third kappa shape index (κ3) is 2.14. The fourth-order valence-corrected chi connectivity index (χ4v) is 3.16. The van der Waals surface area contributed by atoms with Gasteiger partial charge in [0, 0.05) is 5.02 Å². The number of hydrogen-bond acceptors (Lipinski definition) is 3. The van der Waals surface area contributed by atoms with Gasteiger partial charge in [-0.2, -0.15) is 0 Å². The number of aliphatic hydroxyl groups excluding tert-OH is 1. The molecule has 4 rings (SSSR count). The van der Waals surface area contributed by atoms with Gasteiger partial charge in [-0.05, 0) is 49.1 Å². The van der Waals surface area contributed by atoms with E-state index >= 15 is 0 Å². The Morgan fingerprint density at radius 2 is 1.90 bits per heavy atom. The molecule has 108 valence electrons. The second-order valence-electron chi connectivity index (χ2n) is 6.59. The van der Waals surface area contributed by atoms with Gasteiger partial charge in [0.2, 0.25) is 0 Å². The van der Waals surface area contributed by atoms with Crippen LogP contribution < -0.4 is 5.06 Å². The van der Waals surface area contributed by atoms with Gasteiger partial charge >= 0.3 is 0 Å². The molecule has 0 aromatic heterocycles. The van der Waals surface area contributed by atoms with E-state index in [1.54, 1.807) is 0 Å². The summed E-state index contributed by atoms with van der Waals surface area (Å²) in [6, 6.07) is 7.70. The Morgan fingerprint density at radius 3 is 2.55 bits per heavy atom. The molecule has 3 nitrogen and oxygen atoms in total. The van der Waals surface area contributed by atoms with Crippen LogP contribution in [-0.2, 0) is 4.84 Å². The van der Waals surface area contributed by atoms with Crippen LogP contribution in [0.2, 0.25) is 5.02 Å². The molecule has 2 aliphatic heterocycles. The Labute approximate surface area is 124 Å². The SMILES string of the molecule is CC1(C)C[C@H](O)C2(C)C=CC1N(c1ccc(Cl)cc1)O2. The van der Waals surface area contributed by atoms with Crippen LogP contribution >= 0.6 is 11.6 Å². The summed E-state index contributed by atoms with van der Waals surface area (Å²) >= 11 is 5.96. The molecule has 1 fully saturated rings. The zero-order valence-corrected chi connectivity index (χ0v) is 12.8. The van der Waals surface area contributed by atoms with Crippen molar-refractivity contribution < 1.29 is 9.94 Å². The van der Waals surface area contributed by atoms with Gasteiger partial charge in [-0.1, -0.05) is 31.5 Å². The van der Waals surface area contributed by atoms with Gasteiger partial charge in [-0.25, -0.2) is 5.06 Å². The highest BCUT2D eigenvalue weighted by Crippen LogP contribution is 2.45. The lowest BCUT2D eigenvalue weighted by Crippen LogP contribution is -2.49. The lowest BCUT2D eigenvalue weighted by Gasteiger charge is -2.42. The molecule has 3 atom stereocenters. The summed E-state index contributed by atoms with van der Waals surface area (Å²) in [5.41, 5.74) is 0.199. The van der Waals surface area contributed by atoms with Crippen molar-refractivity contribution >= 4 is 17.3 Å². The van der Waals surface area contributed by atoms with E-state index < -0.39 is 11.7 Å². The van der Waals surface area contributed by atoms with Crippen LogP contribution in [0.1, 0.15) is 27.2 Å². The standard InChI is InChI=1S/C16H20ClNO2/c1-15(2)10-14(19)16(3)9-8-13(15)18(20-16)12-6-4-11(17)5-7-12/h4-9,13-14,19H,10H2,1-3H3/t13?,14-,16?/m0/s1. The van der Waals surface area contributed by atoms with Crippen molar-refractivity contribution in [2.75, 3.05) is 5.06 Å². The summed E-state index contributed by atoms with van der Waals surface area (Å²) in [7, 11) is 0. The molecule has 4 heteroatoms. The van der Waals surface area contributed by atoms with Crippen LogP contribution in [-0.4, -0.2) is 22.9 Å². The number of halogens is 1. The molecule has 2 unspecified atom stereocenters. The molecule has 0 amide bonds. The fraction of sp³-hybridized carbons (Fsp3) is 0.500. The number of hydrogen-bond donors (Lipinski definition) is 1. The summed E-state index contributed by atoms with van der Waals surface area (Å²) in [6.07, 6.45) is 4.32. The molecule has 0 radical (unpaired) electrons. The van der Waals surface area contributed by atoms with Gasteiger partial charge in [-0.15, -0.1) is 0 Å². The Bertz CT molecular complexity index is 540. The van der Waals surface area contributed by atoms with Gasteiger partial charge in [0.1, 0.15) is 5.60 Å². The number of hydroxylamine groups is 1. The minimum Gasteiger partial charge on any atom is -0.390 e. The molecule has 2 bridgehead atoms. The number of nitrogens with zero attached hydrogens (tertiary/aromatic N) is 1. The van der Waals surface area contributed by atoms with Crippen LogP contribution in [0.15, 0.2) is 36.4 Å². The van der Waals surface area contributed by atoms with Crippen LogP contribution in [0.5, 0.6) is 0 Å². The summed E-state index contributed by atoms with van der Waals surface area (Å²) in [5, 5.41) is 13.1. The van der Waals surface area contributed by atoms with Crippen LogP contribution in [0, 0.1) is 5.41 Å². The van der Waals surface area contributed by atoms with Crippen molar-refractivity contribution in [3.63, 3.8) is 0 Å². The zero-order valence-electron chi connectivity index (χ0n) is 12.0. The molecule has 0 spiro atoms. The largest absolute Gasteiger partial charge is 0.390 e. The maximum Gasteiger partial charge on any atom is 0.137 e. The first kappa shape index (κ1) is 13.9. The Hall–Kier alpha value is -1.03. The molecular formula is C16H20ClNO2. The second kappa shape index (κ2) is 4.48. The molecule has 1 N–H and O–H groups in total. The van der Waals surface area contributed by atoms with Gasteiger partial charge in [-0.3, -0.25) is 4.84 Å². The van der Waals surface area contributed by atoms with E-state index in [0.717, 1.165) is 5.69 Å². The Balaban J connectivity index is 2.05. The minimum absolute atomic E-state index is 0.0796. The van der Waals surface area contributed by atoms with E-state index in [2.05, 4.69) is 19.9 Å². The predicted molar refractivity (Wildman–Crippen MR) is 80.8 cm³/mol. The highest BCUT2D eigenvalue weighted by atomic mass is 35.5. The van der Waals surface area contributed by atoms with Crippen molar-refractivity contribution in [3.8, 4) is 0 Å². The van der Waals surface area contributed by atoms with E-state index in [1.807, 2.05) is 42.3 Å². The van der Waals surface area contributed by atoms with Gasteiger partial charge in [0.05, 0.1) is 17.8 Å². The van der Waals surface area contributed by atoms with E-state index in [0.29, 0.717) is 11.4 Å². The number of fused-ring (bicyclic) bond motifs is 3.